The summed E-state index contributed by atoms with van der Waals surface area (Å²) in [5.41, 5.74) is 6.63. The van der Waals surface area contributed by atoms with Crippen molar-refractivity contribution in [2.24, 2.45) is 5.73 Å². The second-order valence-electron chi connectivity index (χ2n) is 3.86. The molecule has 0 saturated heterocycles. The van der Waals surface area contributed by atoms with E-state index < -0.39 is 5.60 Å². The summed E-state index contributed by atoms with van der Waals surface area (Å²) in [6.45, 7) is 2.19. The lowest BCUT2D eigenvalue weighted by Crippen LogP contribution is -2.35. The van der Waals surface area contributed by atoms with Gasteiger partial charge in [0.05, 0.1) is 0 Å². The summed E-state index contributed by atoms with van der Waals surface area (Å²) in [6, 6.07) is 11.6. The van der Waals surface area contributed by atoms with E-state index in [1.165, 1.54) is 0 Å². The maximum atomic E-state index is 10.7. The van der Waals surface area contributed by atoms with Gasteiger partial charge in [-0.3, -0.25) is 0 Å². The predicted octanol–water partition coefficient (Wildman–Crippen LogP) is 2.25. The van der Waals surface area contributed by atoms with Crippen LogP contribution < -0.4 is 5.73 Å². The highest BCUT2D eigenvalue weighted by Crippen LogP contribution is 2.34. The van der Waals surface area contributed by atoms with Crippen LogP contribution in [0.3, 0.4) is 0 Å². The van der Waals surface area contributed by atoms with Crippen LogP contribution in [0.4, 0.5) is 0 Å². The molecule has 1 heterocycles. The van der Waals surface area contributed by atoms with Gasteiger partial charge in [-0.1, -0.05) is 30.3 Å². The molecule has 3 heteroatoms. The molecule has 0 bridgehead atoms. The smallest absolute Gasteiger partial charge is 0.136 e. The topological polar surface area (TPSA) is 46.2 Å². The highest BCUT2D eigenvalue weighted by atomic mass is 32.1. The van der Waals surface area contributed by atoms with Crippen LogP contribution in [0.2, 0.25) is 0 Å². The summed E-state index contributed by atoms with van der Waals surface area (Å²) < 4.78 is 0. The molecule has 16 heavy (non-hydrogen) atoms. The van der Waals surface area contributed by atoms with Crippen LogP contribution in [-0.4, -0.2) is 11.7 Å². The van der Waals surface area contributed by atoms with Gasteiger partial charge in [-0.25, -0.2) is 0 Å². The van der Waals surface area contributed by atoms with Crippen molar-refractivity contribution in [2.75, 3.05) is 6.54 Å². The lowest BCUT2D eigenvalue weighted by atomic mass is 9.90. The van der Waals surface area contributed by atoms with Crippen LogP contribution in [0.15, 0.2) is 41.8 Å². The largest absolute Gasteiger partial charge is 0.378 e. The first-order chi connectivity index (χ1) is 7.68. The molecule has 0 saturated carbocycles. The van der Waals surface area contributed by atoms with E-state index in [-0.39, 0.29) is 6.54 Å². The molecule has 1 unspecified atom stereocenters. The van der Waals surface area contributed by atoms with Gasteiger partial charge in [0.2, 0.25) is 0 Å². The number of hydrogen-bond donors (Lipinski definition) is 2. The van der Waals surface area contributed by atoms with E-state index in [1.54, 1.807) is 11.3 Å². The SMILES string of the molecule is Cc1ccsc1C(O)(CN)c1ccccc1. The maximum Gasteiger partial charge on any atom is 0.136 e. The van der Waals surface area contributed by atoms with Crippen LogP contribution in [0.25, 0.3) is 0 Å². The fourth-order valence-corrected chi connectivity index (χ4v) is 2.91. The van der Waals surface area contributed by atoms with E-state index in [0.717, 1.165) is 16.0 Å². The third-order valence-electron chi connectivity index (χ3n) is 2.78. The van der Waals surface area contributed by atoms with E-state index >= 15 is 0 Å². The monoisotopic (exact) mass is 233 g/mol. The molecule has 0 aliphatic heterocycles. The van der Waals surface area contributed by atoms with Crippen molar-refractivity contribution in [1.29, 1.82) is 0 Å². The number of benzene rings is 1. The Kier molecular flexibility index (Phi) is 3.10. The van der Waals surface area contributed by atoms with E-state index in [1.807, 2.05) is 48.7 Å². The first-order valence-electron chi connectivity index (χ1n) is 5.21. The lowest BCUT2D eigenvalue weighted by Gasteiger charge is -2.27. The molecule has 0 fully saturated rings. The molecule has 0 radical (unpaired) electrons. The van der Waals surface area contributed by atoms with Gasteiger partial charge in [-0.2, -0.15) is 0 Å². The molecular weight excluding hydrogens is 218 g/mol. The van der Waals surface area contributed by atoms with Gasteiger partial charge < -0.3 is 10.8 Å². The Morgan fingerprint density at radius 2 is 1.94 bits per heavy atom. The highest BCUT2D eigenvalue weighted by molar-refractivity contribution is 7.10. The summed E-state index contributed by atoms with van der Waals surface area (Å²) in [5.74, 6) is 0. The zero-order valence-corrected chi connectivity index (χ0v) is 10.00. The fourth-order valence-electron chi connectivity index (χ4n) is 1.85. The van der Waals surface area contributed by atoms with Crippen molar-refractivity contribution in [3.8, 4) is 0 Å². The van der Waals surface area contributed by atoms with E-state index in [2.05, 4.69) is 0 Å². The number of rotatable bonds is 3. The maximum absolute atomic E-state index is 10.7. The number of aliphatic hydroxyl groups is 1. The molecular formula is C13H15NOS. The minimum Gasteiger partial charge on any atom is -0.378 e. The zero-order chi connectivity index (χ0) is 11.6. The quantitative estimate of drug-likeness (QED) is 0.854. The van der Waals surface area contributed by atoms with Gasteiger partial charge in [0, 0.05) is 11.4 Å². The molecule has 1 atom stereocenters. The summed E-state index contributed by atoms with van der Waals surface area (Å²) in [6.07, 6.45) is 0. The molecule has 0 aliphatic carbocycles. The minimum atomic E-state index is -1.06. The van der Waals surface area contributed by atoms with Gasteiger partial charge in [0.1, 0.15) is 5.60 Å². The Bertz CT molecular complexity index is 466. The molecule has 0 spiro atoms. The molecule has 84 valence electrons. The molecule has 1 aromatic carbocycles. The number of hydrogen-bond acceptors (Lipinski definition) is 3. The lowest BCUT2D eigenvalue weighted by molar-refractivity contribution is 0.0935. The third-order valence-corrected chi connectivity index (χ3v) is 3.95. The van der Waals surface area contributed by atoms with Gasteiger partial charge in [-0.15, -0.1) is 11.3 Å². The standard InChI is InChI=1S/C13H15NOS/c1-10-7-8-16-12(10)13(15,9-14)11-5-3-2-4-6-11/h2-8,15H,9,14H2,1H3. The highest BCUT2D eigenvalue weighted by Gasteiger charge is 2.32. The van der Waals surface area contributed by atoms with Crippen molar-refractivity contribution in [2.45, 2.75) is 12.5 Å². The number of thiophene rings is 1. The van der Waals surface area contributed by atoms with Crippen LogP contribution in [0, 0.1) is 6.92 Å². The van der Waals surface area contributed by atoms with Crippen LogP contribution in [0.5, 0.6) is 0 Å². The second kappa shape index (κ2) is 4.37. The summed E-state index contributed by atoms with van der Waals surface area (Å²) in [7, 11) is 0. The third kappa shape index (κ3) is 1.78. The molecule has 2 rings (SSSR count). The van der Waals surface area contributed by atoms with Gasteiger partial charge in [0.15, 0.2) is 0 Å². The van der Waals surface area contributed by atoms with Crippen molar-refractivity contribution >= 4 is 11.3 Å². The zero-order valence-electron chi connectivity index (χ0n) is 9.18. The van der Waals surface area contributed by atoms with Crippen LogP contribution in [-0.2, 0) is 5.60 Å². The van der Waals surface area contributed by atoms with Crippen LogP contribution in [0.1, 0.15) is 16.0 Å². The van der Waals surface area contributed by atoms with Crippen molar-refractivity contribution in [1.82, 2.24) is 0 Å². The van der Waals surface area contributed by atoms with Crippen molar-refractivity contribution < 1.29 is 5.11 Å². The Morgan fingerprint density at radius 1 is 1.25 bits per heavy atom. The predicted molar refractivity (Wildman–Crippen MR) is 67.6 cm³/mol. The Morgan fingerprint density at radius 3 is 2.44 bits per heavy atom. The Labute approximate surface area is 99.4 Å². The van der Waals surface area contributed by atoms with Crippen LogP contribution >= 0.6 is 11.3 Å². The molecule has 2 aromatic rings. The number of nitrogens with two attached hydrogens (primary N) is 1. The van der Waals surface area contributed by atoms with Gasteiger partial charge in [-0.05, 0) is 29.5 Å². The minimum absolute atomic E-state index is 0.193. The molecule has 2 nitrogen and oxygen atoms in total. The first-order valence-corrected chi connectivity index (χ1v) is 6.09. The summed E-state index contributed by atoms with van der Waals surface area (Å²) >= 11 is 1.55. The average Bonchev–Trinajstić information content (AvgIpc) is 2.76. The molecule has 0 amide bonds. The summed E-state index contributed by atoms with van der Waals surface area (Å²) in [4.78, 5) is 0.932. The first kappa shape index (κ1) is 11.3. The van der Waals surface area contributed by atoms with Crippen molar-refractivity contribution in [3.05, 3.63) is 57.8 Å². The second-order valence-corrected chi connectivity index (χ2v) is 4.78. The van der Waals surface area contributed by atoms with Gasteiger partial charge in [0.25, 0.3) is 0 Å². The van der Waals surface area contributed by atoms with Crippen molar-refractivity contribution in [3.63, 3.8) is 0 Å². The average molecular weight is 233 g/mol. The fraction of sp³-hybridized carbons (Fsp3) is 0.231. The Hall–Kier alpha value is -1.16. The Balaban J connectivity index is 2.53. The number of aryl methyl sites for hydroxylation is 1. The van der Waals surface area contributed by atoms with E-state index in [4.69, 9.17) is 5.73 Å². The molecule has 1 aromatic heterocycles. The molecule has 0 aliphatic rings. The normalized spacial score (nSPS) is 14.7. The van der Waals surface area contributed by atoms with Gasteiger partial charge >= 0.3 is 0 Å². The molecule has 3 N–H and O–H groups in total. The van der Waals surface area contributed by atoms with E-state index in [9.17, 15) is 5.11 Å². The summed E-state index contributed by atoms with van der Waals surface area (Å²) in [5, 5.41) is 12.7. The van der Waals surface area contributed by atoms with E-state index in [0.29, 0.717) is 0 Å².